The van der Waals surface area contributed by atoms with Gasteiger partial charge in [-0.2, -0.15) is 4.98 Å². The maximum Gasteiger partial charge on any atom is 0.230 e. The SMILES string of the molecule is COc1ccc(Nc2nc(Cl)c3c(C)c[nH]c3n2)cc1OC. The molecule has 2 aromatic heterocycles. The normalized spacial score (nSPS) is 10.7. The number of aryl methyl sites for hydroxylation is 1. The van der Waals surface area contributed by atoms with Gasteiger partial charge in [-0.05, 0) is 24.6 Å². The third-order valence-corrected chi connectivity index (χ3v) is 3.60. The number of ether oxygens (including phenoxy) is 2. The number of H-pyrrole nitrogens is 1. The number of aromatic nitrogens is 3. The number of anilines is 2. The largest absolute Gasteiger partial charge is 0.493 e. The van der Waals surface area contributed by atoms with Crippen LogP contribution in [0.3, 0.4) is 0 Å². The molecule has 0 amide bonds. The summed E-state index contributed by atoms with van der Waals surface area (Å²) in [4.78, 5) is 11.8. The standard InChI is InChI=1S/C15H15ClN4O2/c1-8-7-17-14-12(8)13(16)19-15(20-14)18-9-4-5-10(21-2)11(6-9)22-3/h4-7H,1-3H3,(H2,17,18,19,20). The van der Waals surface area contributed by atoms with E-state index in [4.69, 9.17) is 21.1 Å². The van der Waals surface area contributed by atoms with Crippen molar-refractivity contribution in [2.24, 2.45) is 0 Å². The van der Waals surface area contributed by atoms with Crippen molar-refractivity contribution in [3.8, 4) is 11.5 Å². The van der Waals surface area contributed by atoms with E-state index in [-0.39, 0.29) is 0 Å². The van der Waals surface area contributed by atoms with Gasteiger partial charge >= 0.3 is 0 Å². The van der Waals surface area contributed by atoms with Crippen LogP contribution in [0.4, 0.5) is 11.6 Å². The predicted molar refractivity (Wildman–Crippen MR) is 86.5 cm³/mol. The zero-order valence-corrected chi connectivity index (χ0v) is 13.2. The molecule has 0 saturated carbocycles. The first-order chi connectivity index (χ1) is 10.6. The molecular weight excluding hydrogens is 304 g/mol. The highest BCUT2D eigenvalue weighted by Crippen LogP contribution is 2.31. The third kappa shape index (κ3) is 2.53. The Morgan fingerprint density at radius 2 is 1.91 bits per heavy atom. The lowest BCUT2D eigenvalue weighted by Crippen LogP contribution is -1.99. The number of nitrogens with one attached hydrogen (secondary N) is 2. The van der Waals surface area contributed by atoms with Crippen molar-refractivity contribution in [1.29, 1.82) is 0 Å². The molecule has 0 saturated heterocycles. The Bertz CT molecular complexity index is 832. The zero-order valence-electron chi connectivity index (χ0n) is 12.4. The average molecular weight is 319 g/mol. The van der Waals surface area contributed by atoms with Crippen LogP contribution in [0.1, 0.15) is 5.56 Å². The number of hydrogen-bond acceptors (Lipinski definition) is 5. The van der Waals surface area contributed by atoms with Gasteiger partial charge in [0.05, 0.1) is 19.6 Å². The second-order valence-electron chi connectivity index (χ2n) is 4.73. The number of hydrogen-bond donors (Lipinski definition) is 2. The highest BCUT2D eigenvalue weighted by atomic mass is 35.5. The molecule has 0 atom stereocenters. The van der Waals surface area contributed by atoms with Gasteiger partial charge in [-0.3, -0.25) is 0 Å². The van der Waals surface area contributed by atoms with Crippen molar-refractivity contribution in [2.75, 3.05) is 19.5 Å². The van der Waals surface area contributed by atoms with Gasteiger partial charge in [0, 0.05) is 18.0 Å². The van der Waals surface area contributed by atoms with Crippen LogP contribution in [-0.4, -0.2) is 29.2 Å². The first kappa shape index (κ1) is 14.5. The summed E-state index contributed by atoms with van der Waals surface area (Å²) in [6.07, 6.45) is 1.85. The molecule has 0 radical (unpaired) electrons. The summed E-state index contributed by atoms with van der Waals surface area (Å²) < 4.78 is 10.5. The lowest BCUT2D eigenvalue weighted by Gasteiger charge is -2.10. The molecule has 7 heteroatoms. The summed E-state index contributed by atoms with van der Waals surface area (Å²) in [5, 5.41) is 4.35. The molecule has 114 valence electrons. The zero-order chi connectivity index (χ0) is 15.7. The van der Waals surface area contributed by atoms with Crippen molar-refractivity contribution in [3.63, 3.8) is 0 Å². The Morgan fingerprint density at radius 3 is 2.64 bits per heavy atom. The van der Waals surface area contributed by atoms with E-state index >= 15 is 0 Å². The predicted octanol–water partition coefficient (Wildman–Crippen LogP) is 3.68. The molecule has 2 heterocycles. The van der Waals surface area contributed by atoms with Crippen LogP contribution in [0.15, 0.2) is 24.4 Å². The molecule has 0 aliphatic carbocycles. The van der Waals surface area contributed by atoms with E-state index in [1.807, 2.05) is 19.2 Å². The van der Waals surface area contributed by atoms with Gasteiger partial charge in [-0.1, -0.05) is 11.6 Å². The minimum absolute atomic E-state index is 0.409. The molecule has 3 aromatic rings. The third-order valence-electron chi connectivity index (χ3n) is 3.32. The highest BCUT2D eigenvalue weighted by molar-refractivity contribution is 6.34. The van der Waals surface area contributed by atoms with Gasteiger partial charge in [-0.25, -0.2) is 4.98 Å². The summed E-state index contributed by atoms with van der Waals surface area (Å²) >= 11 is 6.23. The Labute approximate surface area is 132 Å². The van der Waals surface area contributed by atoms with Crippen LogP contribution in [-0.2, 0) is 0 Å². The Kier molecular flexibility index (Phi) is 3.77. The smallest absolute Gasteiger partial charge is 0.230 e. The Morgan fingerprint density at radius 1 is 1.14 bits per heavy atom. The number of rotatable bonds is 4. The molecule has 0 unspecified atom stereocenters. The molecule has 0 aliphatic heterocycles. The van der Waals surface area contributed by atoms with Gasteiger partial charge in [-0.15, -0.1) is 0 Å². The molecule has 22 heavy (non-hydrogen) atoms. The maximum atomic E-state index is 6.23. The van der Waals surface area contributed by atoms with Gasteiger partial charge in [0.1, 0.15) is 10.8 Å². The summed E-state index contributed by atoms with van der Waals surface area (Å²) in [7, 11) is 3.18. The monoisotopic (exact) mass is 318 g/mol. The average Bonchev–Trinajstić information content (AvgIpc) is 2.88. The van der Waals surface area contributed by atoms with E-state index in [1.54, 1.807) is 26.4 Å². The van der Waals surface area contributed by atoms with E-state index in [1.165, 1.54) is 0 Å². The second kappa shape index (κ2) is 5.73. The summed E-state index contributed by atoms with van der Waals surface area (Å²) in [6, 6.07) is 5.46. The van der Waals surface area contributed by atoms with E-state index in [0.717, 1.165) is 16.6 Å². The summed E-state index contributed by atoms with van der Waals surface area (Å²) in [5.74, 6) is 1.68. The first-order valence-corrected chi connectivity index (χ1v) is 7.00. The lowest BCUT2D eigenvalue weighted by molar-refractivity contribution is 0.355. The molecule has 0 aliphatic rings. The molecule has 1 aromatic carbocycles. The minimum Gasteiger partial charge on any atom is -0.493 e. The molecule has 0 bridgehead atoms. The maximum absolute atomic E-state index is 6.23. The number of nitrogens with zero attached hydrogens (tertiary/aromatic N) is 2. The van der Waals surface area contributed by atoms with Crippen molar-refractivity contribution in [2.45, 2.75) is 6.92 Å². The van der Waals surface area contributed by atoms with Crippen LogP contribution in [0.2, 0.25) is 5.15 Å². The van der Waals surface area contributed by atoms with Crippen LogP contribution in [0.25, 0.3) is 11.0 Å². The Hall–Kier alpha value is -2.47. The van der Waals surface area contributed by atoms with Crippen molar-refractivity contribution in [3.05, 3.63) is 35.1 Å². The molecule has 0 fully saturated rings. The fourth-order valence-electron chi connectivity index (χ4n) is 2.24. The number of halogens is 1. The fraction of sp³-hybridized carbons (Fsp3) is 0.200. The molecule has 0 spiro atoms. The van der Waals surface area contributed by atoms with E-state index in [9.17, 15) is 0 Å². The number of methoxy groups -OCH3 is 2. The van der Waals surface area contributed by atoms with Crippen molar-refractivity contribution < 1.29 is 9.47 Å². The lowest BCUT2D eigenvalue weighted by atomic mass is 10.2. The van der Waals surface area contributed by atoms with E-state index in [0.29, 0.717) is 28.2 Å². The van der Waals surface area contributed by atoms with Gasteiger partial charge in [0.15, 0.2) is 11.5 Å². The molecule has 3 rings (SSSR count). The second-order valence-corrected chi connectivity index (χ2v) is 5.09. The molecule has 2 N–H and O–H groups in total. The Balaban J connectivity index is 1.96. The fourth-order valence-corrected chi connectivity index (χ4v) is 2.55. The topological polar surface area (TPSA) is 72.1 Å². The highest BCUT2D eigenvalue weighted by Gasteiger charge is 2.11. The van der Waals surface area contributed by atoms with Gasteiger partial charge in [0.25, 0.3) is 0 Å². The van der Waals surface area contributed by atoms with Gasteiger partial charge < -0.3 is 19.8 Å². The van der Waals surface area contributed by atoms with Crippen molar-refractivity contribution in [1.82, 2.24) is 15.0 Å². The summed E-state index contributed by atoms with van der Waals surface area (Å²) in [6.45, 7) is 1.95. The van der Waals surface area contributed by atoms with Crippen LogP contribution in [0.5, 0.6) is 11.5 Å². The first-order valence-electron chi connectivity index (χ1n) is 6.62. The molecule has 6 nitrogen and oxygen atoms in total. The molecular formula is C15H15ClN4O2. The van der Waals surface area contributed by atoms with E-state index < -0.39 is 0 Å². The van der Waals surface area contributed by atoms with E-state index in [2.05, 4.69) is 20.3 Å². The van der Waals surface area contributed by atoms with Crippen molar-refractivity contribution >= 4 is 34.3 Å². The van der Waals surface area contributed by atoms with Crippen LogP contribution >= 0.6 is 11.6 Å². The number of fused-ring (bicyclic) bond motifs is 1. The van der Waals surface area contributed by atoms with Gasteiger partial charge in [0.2, 0.25) is 5.95 Å². The van der Waals surface area contributed by atoms with Crippen LogP contribution in [0, 0.1) is 6.92 Å². The number of aromatic amines is 1. The number of benzene rings is 1. The summed E-state index contributed by atoms with van der Waals surface area (Å²) in [5.41, 5.74) is 2.48. The van der Waals surface area contributed by atoms with Crippen LogP contribution < -0.4 is 14.8 Å². The quantitative estimate of drug-likeness (QED) is 0.718. The minimum atomic E-state index is 0.409.